The van der Waals surface area contributed by atoms with Crippen molar-refractivity contribution in [2.45, 2.75) is 51.7 Å². The molecule has 3 N–H and O–H groups in total. The first-order valence-electron chi connectivity index (χ1n) is 6.24. The normalized spacial score (nSPS) is 23.1. The molecule has 0 saturated carbocycles. The van der Waals surface area contributed by atoms with E-state index >= 15 is 0 Å². The Morgan fingerprint density at radius 2 is 2.25 bits per heavy atom. The summed E-state index contributed by atoms with van der Waals surface area (Å²) in [4.78, 5) is 11.6. The van der Waals surface area contributed by atoms with Crippen molar-refractivity contribution in [2.75, 3.05) is 13.2 Å². The quantitative estimate of drug-likeness (QED) is 0.739. The number of hydrogen-bond acceptors (Lipinski definition) is 3. The highest BCUT2D eigenvalue weighted by Gasteiger charge is 2.18. The highest BCUT2D eigenvalue weighted by Crippen LogP contribution is 2.11. The third-order valence-corrected chi connectivity index (χ3v) is 2.84. The van der Waals surface area contributed by atoms with Gasteiger partial charge in [0.1, 0.15) is 0 Å². The maximum absolute atomic E-state index is 11.6. The van der Waals surface area contributed by atoms with Crippen LogP contribution < -0.4 is 11.1 Å². The van der Waals surface area contributed by atoms with Crippen LogP contribution in [0.5, 0.6) is 0 Å². The highest BCUT2D eigenvalue weighted by atomic mass is 16.5. The molecule has 1 saturated heterocycles. The number of rotatable bonds is 5. The predicted molar refractivity (Wildman–Crippen MR) is 64.0 cm³/mol. The van der Waals surface area contributed by atoms with Gasteiger partial charge in [0.2, 0.25) is 5.91 Å². The molecule has 1 heterocycles. The van der Waals surface area contributed by atoms with Gasteiger partial charge in [0, 0.05) is 13.2 Å². The van der Waals surface area contributed by atoms with Crippen molar-refractivity contribution in [3.63, 3.8) is 0 Å². The van der Waals surface area contributed by atoms with Gasteiger partial charge in [-0.3, -0.25) is 4.79 Å². The van der Waals surface area contributed by atoms with Crippen LogP contribution in [0.1, 0.15) is 39.5 Å². The van der Waals surface area contributed by atoms with E-state index < -0.39 is 0 Å². The number of carbonyl (C=O) groups is 1. The van der Waals surface area contributed by atoms with Gasteiger partial charge < -0.3 is 15.8 Å². The summed E-state index contributed by atoms with van der Waals surface area (Å²) < 4.78 is 5.53. The molecular weight excluding hydrogens is 204 g/mol. The second-order valence-corrected chi connectivity index (χ2v) is 4.97. The molecule has 0 aromatic rings. The Labute approximate surface area is 97.9 Å². The third kappa shape index (κ3) is 4.94. The minimum Gasteiger partial charge on any atom is -0.376 e. The van der Waals surface area contributed by atoms with E-state index in [0.717, 1.165) is 25.9 Å². The zero-order valence-corrected chi connectivity index (χ0v) is 10.4. The van der Waals surface area contributed by atoms with E-state index in [9.17, 15) is 4.79 Å². The van der Waals surface area contributed by atoms with Crippen molar-refractivity contribution in [3.8, 4) is 0 Å². The lowest BCUT2D eigenvalue weighted by Crippen LogP contribution is -2.44. The zero-order chi connectivity index (χ0) is 12.0. The van der Waals surface area contributed by atoms with E-state index in [0.29, 0.717) is 12.5 Å². The lowest BCUT2D eigenvalue weighted by Gasteiger charge is -2.23. The van der Waals surface area contributed by atoms with Gasteiger partial charge in [0.25, 0.3) is 0 Å². The monoisotopic (exact) mass is 228 g/mol. The van der Waals surface area contributed by atoms with Crippen LogP contribution in [0, 0.1) is 5.92 Å². The molecule has 2 atom stereocenters. The Hall–Kier alpha value is -0.610. The maximum Gasteiger partial charge on any atom is 0.237 e. The molecule has 1 aliphatic rings. The lowest BCUT2D eigenvalue weighted by atomic mass is 10.0. The van der Waals surface area contributed by atoms with Crippen molar-refractivity contribution in [3.05, 3.63) is 0 Å². The smallest absolute Gasteiger partial charge is 0.237 e. The standard InChI is InChI=1S/C12H24N2O2/c1-9(2)7-11(13)12(15)14-8-10-5-3-4-6-16-10/h9-11H,3-8,13H2,1-2H3,(H,14,15). The molecule has 1 amide bonds. The van der Waals surface area contributed by atoms with E-state index in [2.05, 4.69) is 19.2 Å². The van der Waals surface area contributed by atoms with Gasteiger partial charge in [0.15, 0.2) is 0 Å². The third-order valence-electron chi connectivity index (χ3n) is 2.84. The average Bonchev–Trinajstić information content (AvgIpc) is 2.26. The van der Waals surface area contributed by atoms with Crippen LogP contribution >= 0.6 is 0 Å². The van der Waals surface area contributed by atoms with Gasteiger partial charge in [-0.05, 0) is 31.6 Å². The van der Waals surface area contributed by atoms with Crippen molar-refractivity contribution < 1.29 is 9.53 Å². The molecule has 4 nitrogen and oxygen atoms in total. The van der Waals surface area contributed by atoms with Crippen molar-refractivity contribution in [1.82, 2.24) is 5.32 Å². The maximum atomic E-state index is 11.6. The molecule has 94 valence electrons. The Morgan fingerprint density at radius 1 is 1.50 bits per heavy atom. The Balaban J connectivity index is 2.17. The summed E-state index contributed by atoms with van der Waals surface area (Å²) in [5.74, 6) is 0.398. The first-order valence-corrected chi connectivity index (χ1v) is 6.24. The van der Waals surface area contributed by atoms with Crippen LogP contribution in [-0.2, 0) is 9.53 Å². The summed E-state index contributed by atoms with van der Waals surface area (Å²) in [6.45, 7) is 5.55. The Morgan fingerprint density at radius 3 is 2.81 bits per heavy atom. The van der Waals surface area contributed by atoms with Gasteiger partial charge in [-0.1, -0.05) is 13.8 Å². The average molecular weight is 228 g/mol. The summed E-state index contributed by atoms with van der Waals surface area (Å²) in [5.41, 5.74) is 5.78. The lowest BCUT2D eigenvalue weighted by molar-refractivity contribution is -0.123. The first-order chi connectivity index (χ1) is 7.59. The summed E-state index contributed by atoms with van der Waals surface area (Å²) in [6, 6.07) is -0.386. The van der Waals surface area contributed by atoms with Crippen molar-refractivity contribution in [2.24, 2.45) is 11.7 Å². The predicted octanol–water partition coefficient (Wildman–Crippen LogP) is 1.05. The van der Waals surface area contributed by atoms with Crippen molar-refractivity contribution >= 4 is 5.91 Å². The minimum atomic E-state index is -0.386. The minimum absolute atomic E-state index is 0.0529. The molecule has 1 fully saturated rings. The van der Waals surface area contributed by atoms with Crippen LogP contribution in [0.4, 0.5) is 0 Å². The molecule has 0 aromatic heterocycles. The number of ether oxygens (including phenoxy) is 1. The Bertz CT molecular complexity index is 213. The molecule has 1 aliphatic heterocycles. The summed E-state index contributed by atoms with van der Waals surface area (Å²) in [7, 11) is 0. The first kappa shape index (κ1) is 13.5. The van der Waals surface area contributed by atoms with Crippen LogP contribution in [0.3, 0.4) is 0 Å². The fourth-order valence-electron chi connectivity index (χ4n) is 1.93. The molecular formula is C12H24N2O2. The molecule has 0 bridgehead atoms. The number of nitrogens with two attached hydrogens (primary N) is 1. The molecule has 2 unspecified atom stereocenters. The van der Waals surface area contributed by atoms with Crippen LogP contribution in [0.25, 0.3) is 0 Å². The molecule has 4 heteroatoms. The highest BCUT2D eigenvalue weighted by molar-refractivity contribution is 5.81. The molecule has 0 radical (unpaired) electrons. The number of nitrogens with one attached hydrogen (secondary N) is 1. The molecule has 1 rings (SSSR count). The summed E-state index contributed by atoms with van der Waals surface area (Å²) in [5, 5.41) is 2.87. The fourth-order valence-corrected chi connectivity index (χ4v) is 1.93. The van der Waals surface area contributed by atoms with Gasteiger partial charge in [-0.2, -0.15) is 0 Å². The fraction of sp³-hybridized carbons (Fsp3) is 0.917. The van der Waals surface area contributed by atoms with Gasteiger partial charge in [0.05, 0.1) is 12.1 Å². The largest absolute Gasteiger partial charge is 0.376 e. The van der Waals surface area contributed by atoms with E-state index in [1.807, 2.05) is 0 Å². The Kier molecular flexibility index (Phi) is 5.77. The summed E-state index contributed by atoms with van der Waals surface area (Å²) in [6.07, 6.45) is 4.29. The van der Waals surface area contributed by atoms with Gasteiger partial charge in [-0.15, -0.1) is 0 Å². The van der Waals surface area contributed by atoms with E-state index in [1.54, 1.807) is 0 Å². The van der Waals surface area contributed by atoms with Crippen molar-refractivity contribution in [1.29, 1.82) is 0 Å². The molecule has 0 aromatic carbocycles. The van der Waals surface area contributed by atoms with Crippen LogP contribution in [0.2, 0.25) is 0 Å². The SMILES string of the molecule is CC(C)CC(N)C(=O)NCC1CCCCO1. The second-order valence-electron chi connectivity index (χ2n) is 4.97. The number of amides is 1. The molecule has 16 heavy (non-hydrogen) atoms. The topological polar surface area (TPSA) is 64.4 Å². The van der Waals surface area contributed by atoms with Gasteiger partial charge in [-0.25, -0.2) is 0 Å². The summed E-state index contributed by atoms with van der Waals surface area (Å²) >= 11 is 0. The second kappa shape index (κ2) is 6.86. The van der Waals surface area contributed by atoms with Crippen LogP contribution in [0.15, 0.2) is 0 Å². The molecule has 0 aliphatic carbocycles. The number of hydrogen-bond donors (Lipinski definition) is 2. The van der Waals surface area contributed by atoms with E-state index in [4.69, 9.17) is 10.5 Å². The van der Waals surface area contributed by atoms with E-state index in [-0.39, 0.29) is 18.1 Å². The van der Waals surface area contributed by atoms with E-state index in [1.165, 1.54) is 6.42 Å². The molecule has 0 spiro atoms. The zero-order valence-electron chi connectivity index (χ0n) is 10.4. The van der Waals surface area contributed by atoms with Crippen LogP contribution in [-0.4, -0.2) is 31.2 Å². The number of carbonyl (C=O) groups excluding carboxylic acids is 1. The van der Waals surface area contributed by atoms with Gasteiger partial charge >= 0.3 is 0 Å².